The minimum atomic E-state index is 0.170. The first-order valence-corrected chi connectivity index (χ1v) is 3.72. The van der Waals surface area contributed by atoms with E-state index in [4.69, 9.17) is 5.21 Å². The quantitative estimate of drug-likeness (QED) is 0.394. The number of carbonyl (C=O) groups is 1. The Morgan fingerprint density at radius 2 is 2.15 bits per heavy atom. The van der Waals surface area contributed by atoms with Gasteiger partial charge >= 0.3 is 0 Å². The van der Waals surface area contributed by atoms with Crippen LogP contribution in [-0.4, -0.2) is 22.9 Å². The van der Waals surface area contributed by atoms with Crippen molar-refractivity contribution >= 4 is 23.4 Å². The summed E-state index contributed by atoms with van der Waals surface area (Å²) in [6, 6.07) is 7.12. The molecule has 0 unspecified atom stereocenters. The van der Waals surface area contributed by atoms with Gasteiger partial charge in [-0.25, -0.2) is 4.99 Å². The van der Waals surface area contributed by atoms with Gasteiger partial charge in [-0.2, -0.15) is 0 Å². The molecule has 1 heterocycles. The normalized spacial score (nSPS) is 16.9. The van der Waals surface area contributed by atoms with Crippen LogP contribution in [0.3, 0.4) is 0 Å². The van der Waals surface area contributed by atoms with E-state index in [9.17, 15) is 4.79 Å². The summed E-state index contributed by atoms with van der Waals surface area (Å²) in [4.78, 5) is 14.5. The van der Waals surface area contributed by atoms with E-state index in [0.717, 1.165) is 0 Å². The van der Waals surface area contributed by atoms with Crippen LogP contribution in [0.4, 0.5) is 5.69 Å². The van der Waals surface area contributed by atoms with E-state index in [2.05, 4.69) is 10.1 Å². The molecule has 0 aromatic heterocycles. The van der Waals surface area contributed by atoms with Gasteiger partial charge in [-0.1, -0.05) is 23.4 Å². The molecule has 1 aromatic carbocycles. The van der Waals surface area contributed by atoms with E-state index in [1.807, 2.05) is 6.07 Å². The third kappa shape index (κ3) is 1.03. The standard InChI is InChI=1S/C9H6N2O2/c12-5-8-9(11-13)6-3-1-2-4-7(6)10-8/h1-5,13H. The molecule has 0 bridgehead atoms. The molecule has 0 spiro atoms. The number of oxime groups is 1. The first kappa shape index (κ1) is 7.67. The van der Waals surface area contributed by atoms with Crippen LogP contribution in [0.1, 0.15) is 5.56 Å². The molecule has 4 nitrogen and oxygen atoms in total. The Hall–Kier alpha value is -1.97. The summed E-state index contributed by atoms with van der Waals surface area (Å²) in [6.07, 6.45) is 0.578. The number of carbonyl (C=O) groups excluding carboxylic acids is 1. The molecular formula is C9H6N2O2. The first-order valence-electron chi connectivity index (χ1n) is 3.72. The van der Waals surface area contributed by atoms with Crippen molar-refractivity contribution in [2.45, 2.75) is 0 Å². The van der Waals surface area contributed by atoms with Crippen LogP contribution in [0, 0.1) is 0 Å². The van der Waals surface area contributed by atoms with Crippen molar-refractivity contribution in [2.75, 3.05) is 0 Å². The Kier molecular flexibility index (Phi) is 1.66. The maximum atomic E-state index is 10.5. The molecule has 4 heteroatoms. The zero-order chi connectivity index (χ0) is 9.26. The molecular weight excluding hydrogens is 168 g/mol. The lowest BCUT2D eigenvalue weighted by Gasteiger charge is -1.94. The smallest absolute Gasteiger partial charge is 0.170 e. The highest BCUT2D eigenvalue weighted by Gasteiger charge is 2.21. The molecule has 1 N–H and O–H groups in total. The lowest BCUT2D eigenvalue weighted by Crippen LogP contribution is -2.11. The van der Waals surface area contributed by atoms with Gasteiger partial charge in [0.25, 0.3) is 0 Å². The molecule has 64 valence electrons. The van der Waals surface area contributed by atoms with E-state index in [1.54, 1.807) is 18.2 Å². The van der Waals surface area contributed by atoms with Crippen molar-refractivity contribution < 1.29 is 10.0 Å². The molecule has 0 atom stereocenters. The van der Waals surface area contributed by atoms with E-state index >= 15 is 0 Å². The number of hydrogen-bond acceptors (Lipinski definition) is 4. The minimum Gasteiger partial charge on any atom is -0.410 e. The Morgan fingerprint density at radius 3 is 2.85 bits per heavy atom. The summed E-state index contributed by atoms with van der Waals surface area (Å²) >= 11 is 0. The SMILES string of the molecule is O=CC1=Nc2ccccc2C1=NO. The van der Waals surface area contributed by atoms with Crippen LogP contribution in [0.5, 0.6) is 0 Å². The maximum absolute atomic E-state index is 10.5. The number of rotatable bonds is 1. The van der Waals surface area contributed by atoms with Crippen LogP contribution >= 0.6 is 0 Å². The number of hydrogen-bond donors (Lipinski definition) is 1. The molecule has 2 rings (SSSR count). The molecule has 0 saturated heterocycles. The second-order valence-electron chi connectivity index (χ2n) is 2.58. The van der Waals surface area contributed by atoms with Crippen molar-refractivity contribution in [3.63, 3.8) is 0 Å². The number of aldehydes is 1. The van der Waals surface area contributed by atoms with Crippen LogP contribution in [0.15, 0.2) is 34.4 Å². The van der Waals surface area contributed by atoms with Crippen molar-refractivity contribution in [2.24, 2.45) is 10.1 Å². The summed E-state index contributed by atoms with van der Waals surface area (Å²) in [5.74, 6) is 0. The highest BCUT2D eigenvalue weighted by Crippen LogP contribution is 2.25. The van der Waals surface area contributed by atoms with Gasteiger partial charge < -0.3 is 5.21 Å². The highest BCUT2D eigenvalue weighted by molar-refractivity contribution is 6.67. The molecule has 0 aliphatic carbocycles. The highest BCUT2D eigenvalue weighted by atomic mass is 16.4. The largest absolute Gasteiger partial charge is 0.410 e. The van der Waals surface area contributed by atoms with E-state index in [1.165, 1.54) is 0 Å². The van der Waals surface area contributed by atoms with Gasteiger partial charge in [-0.15, -0.1) is 0 Å². The molecule has 1 aliphatic heterocycles. The Labute approximate surface area is 74.2 Å². The van der Waals surface area contributed by atoms with Gasteiger partial charge in [0, 0.05) is 5.56 Å². The minimum absolute atomic E-state index is 0.170. The van der Waals surface area contributed by atoms with Crippen molar-refractivity contribution in [3.05, 3.63) is 29.8 Å². The van der Waals surface area contributed by atoms with Crippen molar-refractivity contribution in [1.82, 2.24) is 0 Å². The summed E-state index contributed by atoms with van der Waals surface area (Å²) in [5.41, 5.74) is 1.76. The fourth-order valence-electron chi connectivity index (χ4n) is 1.28. The third-order valence-corrected chi connectivity index (χ3v) is 1.85. The van der Waals surface area contributed by atoms with E-state index in [0.29, 0.717) is 17.5 Å². The average Bonchev–Trinajstić information content (AvgIpc) is 2.55. The lowest BCUT2D eigenvalue weighted by molar-refractivity contribution is -0.102. The van der Waals surface area contributed by atoms with E-state index in [-0.39, 0.29) is 11.4 Å². The van der Waals surface area contributed by atoms with Crippen LogP contribution in [-0.2, 0) is 4.79 Å². The Morgan fingerprint density at radius 1 is 1.38 bits per heavy atom. The van der Waals surface area contributed by atoms with Gasteiger partial charge in [0.1, 0.15) is 11.4 Å². The predicted molar refractivity (Wildman–Crippen MR) is 47.9 cm³/mol. The molecule has 0 fully saturated rings. The fraction of sp³-hybridized carbons (Fsp3) is 0. The summed E-state index contributed by atoms with van der Waals surface area (Å²) in [5, 5.41) is 11.7. The number of para-hydroxylation sites is 1. The second-order valence-corrected chi connectivity index (χ2v) is 2.58. The molecule has 13 heavy (non-hydrogen) atoms. The number of benzene rings is 1. The van der Waals surface area contributed by atoms with Crippen LogP contribution < -0.4 is 0 Å². The number of aliphatic imine (C=N–C) groups is 1. The van der Waals surface area contributed by atoms with Crippen LogP contribution in [0.2, 0.25) is 0 Å². The lowest BCUT2D eigenvalue weighted by atomic mass is 10.1. The summed E-state index contributed by atoms with van der Waals surface area (Å²) < 4.78 is 0. The Bertz CT molecular complexity index is 421. The zero-order valence-electron chi connectivity index (χ0n) is 6.64. The monoisotopic (exact) mass is 174 g/mol. The van der Waals surface area contributed by atoms with Crippen molar-refractivity contribution in [1.29, 1.82) is 0 Å². The van der Waals surface area contributed by atoms with Gasteiger partial charge in [0.05, 0.1) is 5.69 Å². The molecule has 1 aliphatic rings. The number of nitrogens with zero attached hydrogens (tertiary/aromatic N) is 2. The molecule has 0 amide bonds. The number of fused-ring (bicyclic) bond motifs is 1. The van der Waals surface area contributed by atoms with E-state index < -0.39 is 0 Å². The fourth-order valence-corrected chi connectivity index (χ4v) is 1.28. The van der Waals surface area contributed by atoms with Gasteiger partial charge in [-0.05, 0) is 6.07 Å². The summed E-state index contributed by atoms with van der Waals surface area (Å²) in [6.45, 7) is 0. The Balaban J connectivity index is 2.63. The van der Waals surface area contributed by atoms with Gasteiger partial charge in [0.2, 0.25) is 0 Å². The predicted octanol–water partition coefficient (Wildman–Crippen LogP) is 1.15. The summed E-state index contributed by atoms with van der Waals surface area (Å²) in [7, 11) is 0. The average molecular weight is 174 g/mol. The van der Waals surface area contributed by atoms with Crippen LogP contribution in [0.25, 0.3) is 0 Å². The topological polar surface area (TPSA) is 62.0 Å². The molecule has 0 saturated carbocycles. The first-order chi connectivity index (χ1) is 6.36. The third-order valence-electron chi connectivity index (χ3n) is 1.85. The zero-order valence-corrected chi connectivity index (χ0v) is 6.64. The van der Waals surface area contributed by atoms with Gasteiger partial charge in [0.15, 0.2) is 6.29 Å². The van der Waals surface area contributed by atoms with Crippen molar-refractivity contribution in [3.8, 4) is 0 Å². The second kappa shape index (κ2) is 2.82. The molecule has 0 radical (unpaired) electrons. The van der Waals surface area contributed by atoms with Gasteiger partial charge in [-0.3, -0.25) is 4.79 Å². The molecule has 1 aromatic rings. The maximum Gasteiger partial charge on any atom is 0.170 e.